The Morgan fingerprint density at radius 2 is 2.00 bits per heavy atom. The number of carbonyl (C=O) groups is 2. The van der Waals surface area contributed by atoms with Crippen molar-refractivity contribution < 1.29 is 19.1 Å². The fraction of sp³-hybridized carbons (Fsp3) is 0.448. The van der Waals surface area contributed by atoms with Gasteiger partial charge in [-0.05, 0) is 88.7 Å². The molecule has 2 aliphatic rings. The van der Waals surface area contributed by atoms with Crippen molar-refractivity contribution in [2.45, 2.75) is 45.1 Å². The molecule has 2 aromatic carbocycles. The molecule has 198 valence electrons. The highest BCUT2D eigenvalue weighted by molar-refractivity contribution is 6.31. The Morgan fingerprint density at radius 1 is 1.24 bits per heavy atom. The maximum absolute atomic E-state index is 13.1. The Morgan fingerprint density at radius 3 is 2.62 bits per heavy atom. The molecule has 8 heteroatoms. The van der Waals surface area contributed by atoms with E-state index >= 15 is 0 Å². The number of aromatic amines is 1. The molecule has 3 aromatic rings. The monoisotopic (exact) mass is 525 g/mol. The molecule has 1 aromatic heterocycles. The molecular formula is C29H36ClN3O4. The summed E-state index contributed by atoms with van der Waals surface area (Å²) >= 11 is 6.32. The van der Waals surface area contributed by atoms with Gasteiger partial charge in [0.15, 0.2) is 0 Å². The van der Waals surface area contributed by atoms with Gasteiger partial charge in [0.25, 0.3) is 12.4 Å². The second-order valence-corrected chi connectivity index (χ2v) is 10.8. The van der Waals surface area contributed by atoms with Gasteiger partial charge in [-0.25, -0.2) is 0 Å². The van der Waals surface area contributed by atoms with Gasteiger partial charge in [-0.1, -0.05) is 23.7 Å². The molecule has 1 atom stereocenters. The van der Waals surface area contributed by atoms with Crippen molar-refractivity contribution in [2.24, 2.45) is 0 Å². The van der Waals surface area contributed by atoms with Crippen molar-refractivity contribution >= 4 is 34.9 Å². The van der Waals surface area contributed by atoms with Crippen molar-refractivity contribution in [3.8, 4) is 0 Å². The number of halogens is 1. The summed E-state index contributed by atoms with van der Waals surface area (Å²) in [4.78, 5) is 30.2. The van der Waals surface area contributed by atoms with E-state index in [9.17, 15) is 9.59 Å². The van der Waals surface area contributed by atoms with Crippen LogP contribution in [0.3, 0.4) is 0 Å². The lowest BCUT2D eigenvalue weighted by atomic mass is 9.88. The maximum Gasteiger partial charge on any atom is 0.293 e. The number of hydrogen-bond acceptors (Lipinski definition) is 5. The Balaban J connectivity index is 0.000000586. The van der Waals surface area contributed by atoms with Crippen LogP contribution < -0.4 is 0 Å². The summed E-state index contributed by atoms with van der Waals surface area (Å²) in [7, 11) is 2.19. The number of nitrogens with one attached hydrogen (secondary N) is 1. The Kier molecular flexibility index (Phi) is 8.57. The smallest absolute Gasteiger partial charge is 0.293 e. The average molecular weight is 526 g/mol. The number of H-pyrrole nitrogens is 1. The van der Waals surface area contributed by atoms with Crippen LogP contribution in [-0.2, 0) is 20.7 Å². The van der Waals surface area contributed by atoms with Crippen LogP contribution in [0.1, 0.15) is 60.3 Å². The third-order valence-electron chi connectivity index (χ3n) is 7.16. The molecule has 7 nitrogen and oxygen atoms in total. The van der Waals surface area contributed by atoms with Gasteiger partial charge in [0.05, 0.1) is 18.8 Å². The number of carbonyl (C=O) groups excluding carboxylic acids is 2. The van der Waals surface area contributed by atoms with E-state index in [1.165, 1.54) is 22.2 Å². The first kappa shape index (κ1) is 27.2. The lowest BCUT2D eigenvalue weighted by Gasteiger charge is -2.30. The highest BCUT2D eigenvalue weighted by atomic mass is 35.5. The average Bonchev–Trinajstić information content (AvgIpc) is 3.40. The van der Waals surface area contributed by atoms with E-state index in [1.54, 1.807) is 6.92 Å². The van der Waals surface area contributed by atoms with Crippen LogP contribution in [0.15, 0.2) is 42.5 Å². The molecular weight excluding hydrogens is 490 g/mol. The number of hydrogen-bond donors (Lipinski definition) is 1. The third kappa shape index (κ3) is 6.00. The first-order valence-electron chi connectivity index (χ1n) is 12.8. The minimum absolute atomic E-state index is 0.0229. The van der Waals surface area contributed by atoms with Crippen LogP contribution in [0.5, 0.6) is 0 Å². The van der Waals surface area contributed by atoms with Gasteiger partial charge < -0.3 is 24.3 Å². The molecule has 0 saturated carbocycles. The second-order valence-electron chi connectivity index (χ2n) is 10.3. The van der Waals surface area contributed by atoms with Crippen LogP contribution in [-0.4, -0.2) is 72.8 Å². The van der Waals surface area contributed by atoms with Crippen molar-refractivity contribution in [2.75, 3.05) is 40.1 Å². The standard InChI is InChI=1S/C26H30ClN3O2.C3H6O2/c1-26(2)15-32-16-30(26)25(31)18-8-6-17(7-9-18)22-14-29(3)12-4-5-20-21-13-19(27)10-11-23(21)28-24(20)22;1-2-5-3-4/h6-11,13,22,28H,4-5,12,14-16H2,1-3H3;3H,2H2,1H3. The van der Waals surface area contributed by atoms with Gasteiger partial charge in [0, 0.05) is 39.6 Å². The number of nitrogens with zero attached hydrogens (tertiary/aromatic N) is 2. The van der Waals surface area contributed by atoms with Crippen LogP contribution in [0.25, 0.3) is 10.9 Å². The van der Waals surface area contributed by atoms with E-state index in [1.807, 2.05) is 36.9 Å². The van der Waals surface area contributed by atoms with E-state index in [2.05, 4.69) is 45.9 Å². The summed E-state index contributed by atoms with van der Waals surface area (Å²) in [6.45, 7) is 9.65. The van der Waals surface area contributed by atoms with Gasteiger partial charge in [0.2, 0.25) is 0 Å². The molecule has 0 aliphatic carbocycles. The van der Waals surface area contributed by atoms with Crippen molar-refractivity contribution in [3.05, 3.63) is 69.9 Å². The molecule has 0 bridgehead atoms. The number of amides is 1. The van der Waals surface area contributed by atoms with E-state index < -0.39 is 0 Å². The SMILES string of the molecule is CCOC=O.CN1CCCc2c([nH]c3ccc(Cl)cc23)C(c2ccc(C(=O)N3COCC3(C)C)cc2)C1. The predicted octanol–water partition coefficient (Wildman–Crippen LogP) is 5.22. The number of fused-ring (bicyclic) bond motifs is 3. The Hall–Kier alpha value is -2.87. The van der Waals surface area contributed by atoms with Gasteiger partial charge in [-0.2, -0.15) is 0 Å². The Bertz CT molecular complexity index is 1240. The molecule has 1 saturated heterocycles. The molecule has 3 heterocycles. The minimum atomic E-state index is -0.279. The van der Waals surface area contributed by atoms with Crippen LogP contribution in [0.2, 0.25) is 5.02 Å². The van der Waals surface area contributed by atoms with E-state index in [4.69, 9.17) is 16.3 Å². The summed E-state index contributed by atoms with van der Waals surface area (Å²) in [5, 5.41) is 2.00. The largest absolute Gasteiger partial charge is 0.468 e. The number of benzene rings is 2. The van der Waals surface area contributed by atoms with Crippen molar-refractivity contribution in [3.63, 3.8) is 0 Å². The molecule has 1 N–H and O–H groups in total. The molecule has 2 aliphatic heterocycles. The molecule has 0 spiro atoms. The predicted molar refractivity (Wildman–Crippen MR) is 146 cm³/mol. The number of aryl methyl sites for hydroxylation is 1. The van der Waals surface area contributed by atoms with Crippen LogP contribution in [0.4, 0.5) is 0 Å². The number of rotatable bonds is 4. The lowest BCUT2D eigenvalue weighted by molar-refractivity contribution is -0.128. The highest BCUT2D eigenvalue weighted by Gasteiger charge is 2.37. The van der Waals surface area contributed by atoms with Gasteiger partial charge in [-0.3, -0.25) is 9.59 Å². The summed E-state index contributed by atoms with van der Waals surface area (Å²) in [5.74, 6) is 0.229. The van der Waals surface area contributed by atoms with E-state index in [0.717, 1.165) is 36.5 Å². The van der Waals surface area contributed by atoms with Gasteiger partial charge in [-0.15, -0.1) is 0 Å². The van der Waals surface area contributed by atoms with Crippen LogP contribution >= 0.6 is 11.6 Å². The molecule has 5 rings (SSSR count). The van der Waals surface area contributed by atoms with Crippen molar-refractivity contribution in [1.29, 1.82) is 0 Å². The fourth-order valence-corrected chi connectivity index (χ4v) is 5.33. The summed E-state index contributed by atoms with van der Waals surface area (Å²) in [5.41, 5.74) is 5.41. The third-order valence-corrected chi connectivity index (χ3v) is 7.39. The quantitative estimate of drug-likeness (QED) is 0.473. The zero-order valence-electron chi connectivity index (χ0n) is 22.1. The van der Waals surface area contributed by atoms with E-state index in [-0.39, 0.29) is 17.4 Å². The summed E-state index contributed by atoms with van der Waals surface area (Å²) in [6.07, 6.45) is 2.15. The fourth-order valence-electron chi connectivity index (χ4n) is 5.15. The summed E-state index contributed by atoms with van der Waals surface area (Å²) < 4.78 is 9.69. The number of ether oxygens (including phenoxy) is 2. The molecule has 1 fully saturated rings. The molecule has 37 heavy (non-hydrogen) atoms. The molecule has 0 radical (unpaired) electrons. The molecule has 1 amide bonds. The summed E-state index contributed by atoms with van der Waals surface area (Å²) in [6, 6.07) is 14.2. The zero-order valence-corrected chi connectivity index (χ0v) is 22.8. The lowest BCUT2D eigenvalue weighted by Crippen LogP contribution is -2.44. The normalized spacial score (nSPS) is 19.4. The molecule has 1 unspecified atom stereocenters. The first-order chi connectivity index (χ1) is 17.7. The van der Waals surface area contributed by atoms with Gasteiger partial charge in [0.1, 0.15) is 6.73 Å². The first-order valence-corrected chi connectivity index (χ1v) is 13.2. The zero-order chi connectivity index (χ0) is 26.6. The minimum Gasteiger partial charge on any atom is -0.468 e. The number of aromatic nitrogens is 1. The van der Waals surface area contributed by atoms with E-state index in [0.29, 0.717) is 32.0 Å². The second kappa shape index (κ2) is 11.7. The number of likely N-dealkylation sites (N-methyl/N-ethyl adjacent to an activating group) is 1. The van der Waals surface area contributed by atoms with Gasteiger partial charge >= 0.3 is 0 Å². The topological polar surface area (TPSA) is 74.9 Å². The Labute approximate surface area is 223 Å². The van der Waals surface area contributed by atoms with Crippen molar-refractivity contribution in [1.82, 2.24) is 14.8 Å². The van der Waals surface area contributed by atoms with Crippen LogP contribution in [0, 0.1) is 0 Å². The maximum atomic E-state index is 13.1. The highest BCUT2D eigenvalue weighted by Crippen LogP contribution is 2.36.